The van der Waals surface area contributed by atoms with Crippen LogP contribution < -0.4 is 0 Å². The zero-order valence-electron chi connectivity index (χ0n) is 11.5. The lowest BCUT2D eigenvalue weighted by molar-refractivity contribution is -0.138. The van der Waals surface area contributed by atoms with Gasteiger partial charge in [0.25, 0.3) is 0 Å². The van der Waals surface area contributed by atoms with Gasteiger partial charge in [-0.1, -0.05) is 12.8 Å². The maximum absolute atomic E-state index is 11.3. The molecule has 2 N–H and O–H groups in total. The van der Waals surface area contributed by atoms with Gasteiger partial charge < -0.3 is 19.3 Å². The molecule has 0 radical (unpaired) electrons. The molecule has 118 valence electrons. The summed E-state index contributed by atoms with van der Waals surface area (Å²) >= 11 is 0. The third kappa shape index (κ3) is 15.1. The maximum atomic E-state index is 11.3. The Morgan fingerprint density at radius 3 is 1.50 bits per heavy atom. The van der Waals surface area contributed by atoms with E-state index in [2.05, 4.69) is 0 Å². The number of hydrogen-bond acceptors (Lipinski definition) is 5. The summed E-state index contributed by atoms with van der Waals surface area (Å²) < 4.78 is 21.2. The standard InChI is InChI=1S/C12H23O7P/c13-11(14)7-3-1-5-9-18-20(17)19-10-6-2-4-8-12(15)16/h20H,1-10H2,(H,13,14)(H,15,16). The number of rotatable bonds is 14. The van der Waals surface area contributed by atoms with E-state index in [-0.39, 0.29) is 12.8 Å². The summed E-state index contributed by atoms with van der Waals surface area (Å²) in [4.78, 5) is 20.5. The highest BCUT2D eigenvalue weighted by Crippen LogP contribution is 2.24. The minimum Gasteiger partial charge on any atom is -0.481 e. The molecular formula is C12H23O7P. The molecule has 0 aliphatic carbocycles. The molecule has 8 heteroatoms. The SMILES string of the molecule is O=C(O)CCCCCO[PH](=O)OCCCCCC(=O)O. The highest BCUT2D eigenvalue weighted by molar-refractivity contribution is 7.33. The van der Waals surface area contributed by atoms with Crippen molar-refractivity contribution in [1.82, 2.24) is 0 Å². The maximum Gasteiger partial charge on any atom is 0.319 e. The Balaban J connectivity index is 3.24. The van der Waals surface area contributed by atoms with E-state index in [1.807, 2.05) is 0 Å². The fourth-order valence-corrected chi connectivity index (χ4v) is 2.17. The third-order valence-corrected chi connectivity index (χ3v) is 3.39. The fourth-order valence-electron chi connectivity index (χ4n) is 1.46. The molecule has 0 aliphatic rings. The minimum atomic E-state index is -2.48. The normalized spacial score (nSPS) is 10.8. The Morgan fingerprint density at radius 2 is 1.15 bits per heavy atom. The van der Waals surface area contributed by atoms with E-state index in [4.69, 9.17) is 19.3 Å². The largest absolute Gasteiger partial charge is 0.481 e. The second-order valence-electron chi connectivity index (χ2n) is 4.36. The van der Waals surface area contributed by atoms with Gasteiger partial charge in [0.15, 0.2) is 0 Å². The molecular weight excluding hydrogens is 287 g/mol. The van der Waals surface area contributed by atoms with Gasteiger partial charge in [-0.3, -0.25) is 14.2 Å². The molecule has 0 rings (SSSR count). The average molecular weight is 310 g/mol. The Labute approximate surface area is 119 Å². The van der Waals surface area contributed by atoms with Gasteiger partial charge in [-0.25, -0.2) is 0 Å². The van der Waals surface area contributed by atoms with Crippen LogP contribution in [0.5, 0.6) is 0 Å². The van der Waals surface area contributed by atoms with Crippen molar-refractivity contribution in [3.63, 3.8) is 0 Å². The number of carbonyl (C=O) groups is 2. The number of hydrogen-bond donors (Lipinski definition) is 2. The second kappa shape index (κ2) is 13.1. The first kappa shape index (κ1) is 19.1. The summed E-state index contributed by atoms with van der Waals surface area (Å²) in [5.41, 5.74) is 0. The Kier molecular flexibility index (Phi) is 12.5. The molecule has 0 aromatic carbocycles. The molecule has 0 atom stereocenters. The number of carboxylic acid groups (broad SMARTS) is 2. The van der Waals surface area contributed by atoms with Crippen LogP contribution in [0.3, 0.4) is 0 Å². The predicted molar refractivity (Wildman–Crippen MR) is 73.1 cm³/mol. The van der Waals surface area contributed by atoms with Crippen molar-refractivity contribution in [2.75, 3.05) is 13.2 Å². The lowest BCUT2D eigenvalue weighted by Crippen LogP contribution is -1.96. The molecule has 0 amide bonds. The van der Waals surface area contributed by atoms with Gasteiger partial charge in [0.2, 0.25) is 0 Å². The smallest absolute Gasteiger partial charge is 0.319 e. The van der Waals surface area contributed by atoms with Crippen LogP contribution in [0.2, 0.25) is 0 Å². The van der Waals surface area contributed by atoms with E-state index < -0.39 is 20.2 Å². The third-order valence-electron chi connectivity index (χ3n) is 2.51. The van der Waals surface area contributed by atoms with Crippen LogP contribution in [0, 0.1) is 0 Å². The van der Waals surface area contributed by atoms with Crippen LogP contribution in [0.25, 0.3) is 0 Å². The molecule has 0 heterocycles. The molecule has 0 aromatic heterocycles. The van der Waals surface area contributed by atoms with E-state index in [1.54, 1.807) is 0 Å². The quantitative estimate of drug-likeness (QED) is 0.375. The fraction of sp³-hybridized carbons (Fsp3) is 0.833. The van der Waals surface area contributed by atoms with E-state index in [0.717, 1.165) is 12.8 Å². The Morgan fingerprint density at radius 1 is 0.750 bits per heavy atom. The number of carboxylic acids is 2. The van der Waals surface area contributed by atoms with E-state index in [9.17, 15) is 14.2 Å². The number of unbranched alkanes of at least 4 members (excludes halogenated alkanes) is 4. The molecule has 0 aromatic rings. The summed E-state index contributed by atoms with van der Waals surface area (Å²) in [6.07, 6.45) is 4.21. The molecule has 20 heavy (non-hydrogen) atoms. The number of aliphatic carboxylic acids is 2. The van der Waals surface area contributed by atoms with Crippen LogP contribution in [0.15, 0.2) is 0 Å². The molecule has 0 unspecified atom stereocenters. The first-order chi connectivity index (χ1) is 9.52. The van der Waals surface area contributed by atoms with Crippen molar-refractivity contribution >= 4 is 20.2 Å². The lowest BCUT2D eigenvalue weighted by Gasteiger charge is -2.05. The highest BCUT2D eigenvalue weighted by atomic mass is 31.1. The zero-order valence-corrected chi connectivity index (χ0v) is 12.5. The first-order valence-electron chi connectivity index (χ1n) is 6.75. The zero-order chi connectivity index (χ0) is 15.2. The van der Waals surface area contributed by atoms with E-state index in [0.29, 0.717) is 38.9 Å². The predicted octanol–water partition coefficient (Wildman–Crippen LogP) is 2.70. The molecule has 7 nitrogen and oxygen atoms in total. The summed E-state index contributed by atoms with van der Waals surface area (Å²) in [6, 6.07) is 0. The van der Waals surface area contributed by atoms with Gasteiger partial charge in [0, 0.05) is 12.8 Å². The molecule has 0 saturated carbocycles. The van der Waals surface area contributed by atoms with Crippen molar-refractivity contribution in [3.05, 3.63) is 0 Å². The van der Waals surface area contributed by atoms with Crippen molar-refractivity contribution in [1.29, 1.82) is 0 Å². The summed E-state index contributed by atoms with van der Waals surface area (Å²) in [5, 5.41) is 16.8. The Hall–Kier alpha value is -0.910. The molecule has 0 spiro atoms. The van der Waals surface area contributed by atoms with E-state index >= 15 is 0 Å². The van der Waals surface area contributed by atoms with Crippen LogP contribution in [-0.4, -0.2) is 35.4 Å². The van der Waals surface area contributed by atoms with Crippen LogP contribution >= 0.6 is 8.25 Å². The van der Waals surface area contributed by atoms with Crippen LogP contribution in [0.4, 0.5) is 0 Å². The van der Waals surface area contributed by atoms with Crippen LogP contribution in [0.1, 0.15) is 51.4 Å². The topological polar surface area (TPSA) is 110 Å². The monoisotopic (exact) mass is 310 g/mol. The van der Waals surface area contributed by atoms with Gasteiger partial charge in [-0.05, 0) is 25.7 Å². The summed E-state index contributed by atoms with van der Waals surface area (Å²) in [7, 11) is -2.48. The molecule has 0 fully saturated rings. The van der Waals surface area contributed by atoms with Gasteiger partial charge >= 0.3 is 20.2 Å². The van der Waals surface area contributed by atoms with Crippen molar-refractivity contribution in [3.8, 4) is 0 Å². The van der Waals surface area contributed by atoms with Crippen molar-refractivity contribution in [2.24, 2.45) is 0 Å². The van der Waals surface area contributed by atoms with Crippen molar-refractivity contribution in [2.45, 2.75) is 51.4 Å². The van der Waals surface area contributed by atoms with Gasteiger partial charge in [-0.15, -0.1) is 0 Å². The summed E-state index contributed by atoms with van der Waals surface area (Å²) in [5.74, 6) is -1.63. The molecule has 0 aliphatic heterocycles. The first-order valence-corrected chi connectivity index (χ1v) is 7.98. The average Bonchev–Trinajstić information content (AvgIpc) is 2.37. The minimum absolute atomic E-state index is 0.141. The molecule has 0 saturated heterocycles. The molecule has 0 bridgehead atoms. The van der Waals surface area contributed by atoms with E-state index in [1.165, 1.54) is 0 Å². The van der Waals surface area contributed by atoms with Gasteiger partial charge in [0.1, 0.15) is 0 Å². The van der Waals surface area contributed by atoms with Crippen LogP contribution in [-0.2, 0) is 23.2 Å². The van der Waals surface area contributed by atoms with Crippen molar-refractivity contribution < 1.29 is 33.4 Å². The Bertz CT molecular complexity index is 278. The summed E-state index contributed by atoms with van der Waals surface area (Å²) in [6.45, 7) is 0.604. The van der Waals surface area contributed by atoms with Gasteiger partial charge in [0.05, 0.1) is 13.2 Å². The highest BCUT2D eigenvalue weighted by Gasteiger charge is 2.01. The lowest BCUT2D eigenvalue weighted by atomic mass is 10.2. The van der Waals surface area contributed by atoms with Gasteiger partial charge in [-0.2, -0.15) is 0 Å². The second-order valence-corrected chi connectivity index (χ2v) is 5.43.